The molecule has 4 nitrogen and oxygen atoms in total. The summed E-state index contributed by atoms with van der Waals surface area (Å²) in [5, 5.41) is 0.665. The summed E-state index contributed by atoms with van der Waals surface area (Å²) in [5.41, 5.74) is 8.03. The number of nitrogens with two attached hydrogens (primary N) is 1. The number of halogens is 2. The van der Waals surface area contributed by atoms with Gasteiger partial charge in [0.25, 0.3) is 11.8 Å². The Morgan fingerprint density at radius 2 is 1.48 bits per heavy atom. The Morgan fingerprint density at radius 3 is 2.00 bits per heavy atom. The van der Waals surface area contributed by atoms with Gasteiger partial charge in [-0.3, -0.25) is 14.5 Å². The van der Waals surface area contributed by atoms with Crippen molar-refractivity contribution in [2.75, 3.05) is 6.54 Å². The van der Waals surface area contributed by atoms with Gasteiger partial charge in [0.1, 0.15) is 0 Å². The van der Waals surface area contributed by atoms with E-state index in [9.17, 15) is 9.59 Å². The molecule has 1 aliphatic heterocycles. The van der Waals surface area contributed by atoms with Crippen molar-refractivity contribution in [3.63, 3.8) is 0 Å². The average Bonchev–Trinajstić information content (AvgIpc) is 2.75. The molecule has 1 heterocycles. The minimum Gasteiger partial charge on any atom is -0.326 e. The van der Waals surface area contributed by atoms with Gasteiger partial charge in [-0.15, -0.1) is 12.4 Å². The van der Waals surface area contributed by atoms with E-state index >= 15 is 0 Å². The van der Waals surface area contributed by atoms with Crippen molar-refractivity contribution in [1.29, 1.82) is 0 Å². The SMILES string of the molecule is Cl.NC(Cc1ccc(Cl)cc1)CN1C(=O)c2ccccc2C1=O. The fourth-order valence-electron chi connectivity index (χ4n) is 2.63. The number of hydrogen-bond donors (Lipinski definition) is 1. The first kappa shape index (κ1) is 17.5. The van der Waals surface area contributed by atoms with Crippen LogP contribution in [0.25, 0.3) is 0 Å². The van der Waals surface area contributed by atoms with Crippen molar-refractivity contribution in [2.24, 2.45) is 5.73 Å². The highest BCUT2D eigenvalue weighted by molar-refractivity contribution is 6.30. The van der Waals surface area contributed by atoms with E-state index < -0.39 is 0 Å². The second-order valence-electron chi connectivity index (χ2n) is 5.36. The molecule has 0 fully saturated rings. The first-order valence-electron chi connectivity index (χ1n) is 7.01. The molecule has 0 aromatic heterocycles. The molecule has 0 saturated heterocycles. The normalized spacial score (nSPS) is 14.4. The molecule has 1 aliphatic rings. The molecule has 0 spiro atoms. The number of benzene rings is 2. The molecule has 0 radical (unpaired) electrons. The Balaban J connectivity index is 0.00000192. The van der Waals surface area contributed by atoms with Gasteiger partial charge >= 0.3 is 0 Å². The molecule has 120 valence electrons. The van der Waals surface area contributed by atoms with Gasteiger partial charge < -0.3 is 5.73 Å². The highest BCUT2D eigenvalue weighted by Crippen LogP contribution is 2.22. The Labute approximate surface area is 145 Å². The van der Waals surface area contributed by atoms with E-state index in [1.165, 1.54) is 4.90 Å². The lowest BCUT2D eigenvalue weighted by atomic mass is 10.1. The molecule has 1 unspecified atom stereocenters. The monoisotopic (exact) mass is 350 g/mol. The summed E-state index contributed by atoms with van der Waals surface area (Å²) in [6.07, 6.45) is 0.574. The third-order valence-corrected chi connectivity index (χ3v) is 3.96. The predicted molar refractivity (Wildman–Crippen MR) is 92.2 cm³/mol. The van der Waals surface area contributed by atoms with Crippen LogP contribution < -0.4 is 5.73 Å². The zero-order valence-electron chi connectivity index (χ0n) is 12.2. The van der Waals surface area contributed by atoms with Crippen LogP contribution in [-0.4, -0.2) is 29.3 Å². The zero-order valence-corrected chi connectivity index (χ0v) is 13.8. The quantitative estimate of drug-likeness (QED) is 0.862. The summed E-state index contributed by atoms with van der Waals surface area (Å²) < 4.78 is 0. The molecule has 2 N–H and O–H groups in total. The molecular weight excluding hydrogens is 335 g/mol. The maximum Gasteiger partial charge on any atom is 0.261 e. The smallest absolute Gasteiger partial charge is 0.261 e. The Kier molecular flexibility index (Phi) is 5.42. The van der Waals surface area contributed by atoms with Crippen LogP contribution in [0.2, 0.25) is 5.02 Å². The maximum absolute atomic E-state index is 12.3. The van der Waals surface area contributed by atoms with Gasteiger partial charge in [-0.2, -0.15) is 0 Å². The van der Waals surface area contributed by atoms with Gasteiger partial charge in [0.15, 0.2) is 0 Å². The molecule has 0 saturated carbocycles. The zero-order chi connectivity index (χ0) is 15.7. The lowest BCUT2D eigenvalue weighted by Gasteiger charge is -2.19. The standard InChI is InChI=1S/C17H15ClN2O2.ClH/c18-12-7-5-11(6-8-12)9-13(19)10-20-16(21)14-3-1-2-4-15(14)17(20)22;/h1-8,13H,9-10,19H2;1H. The first-order valence-corrected chi connectivity index (χ1v) is 7.39. The number of carbonyl (C=O) groups excluding carboxylic acids is 2. The summed E-state index contributed by atoms with van der Waals surface area (Å²) in [5.74, 6) is -0.542. The summed E-state index contributed by atoms with van der Waals surface area (Å²) >= 11 is 5.85. The van der Waals surface area contributed by atoms with Crippen molar-refractivity contribution in [3.05, 3.63) is 70.2 Å². The van der Waals surface area contributed by atoms with Crippen molar-refractivity contribution < 1.29 is 9.59 Å². The molecular formula is C17H16Cl2N2O2. The number of imide groups is 1. The van der Waals surface area contributed by atoms with E-state index in [1.807, 2.05) is 12.1 Å². The van der Waals surface area contributed by atoms with Crippen molar-refractivity contribution in [1.82, 2.24) is 4.90 Å². The van der Waals surface area contributed by atoms with Gasteiger partial charge in [-0.05, 0) is 36.2 Å². The highest BCUT2D eigenvalue weighted by Gasteiger charge is 2.35. The summed E-state index contributed by atoms with van der Waals surface area (Å²) in [7, 11) is 0. The molecule has 0 bridgehead atoms. The van der Waals surface area contributed by atoms with E-state index in [1.54, 1.807) is 36.4 Å². The van der Waals surface area contributed by atoms with Crippen molar-refractivity contribution >= 4 is 35.8 Å². The molecule has 2 amide bonds. The Hall–Kier alpha value is -1.88. The first-order chi connectivity index (χ1) is 10.6. The van der Waals surface area contributed by atoms with Crippen LogP contribution in [0.3, 0.4) is 0 Å². The molecule has 1 atom stereocenters. The third-order valence-electron chi connectivity index (χ3n) is 3.71. The van der Waals surface area contributed by atoms with E-state index in [2.05, 4.69) is 0 Å². The predicted octanol–water partition coefficient (Wildman–Crippen LogP) is 2.93. The van der Waals surface area contributed by atoms with E-state index in [-0.39, 0.29) is 36.8 Å². The molecule has 2 aromatic rings. The lowest BCUT2D eigenvalue weighted by Crippen LogP contribution is -2.41. The fourth-order valence-corrected chi connectivity index (χ4v) is 2.75. The number of carbonyl (C=O) groups is 2. The van der Waals surface area contributed by atoms with E-state index in [0.29, 0.717) is 22.6 Å². The van der Waals surface area contributed by atoms with Gasteiger partial charge in [0.05, 0.1) is 11.1 Å². The second kappa shape index (κ2) is 7.13. The minimum absolute atomic E-state index is 0. The van der Waals surface area contributed by atoms with Gasteiger partial charge in [0, 0.05) is 17.6 Å². The summed E-state index contributed by atoms with van der Waals surface area (Å²) in [6, 6.07) is 13.9. The van der Waals surface area contributed by atoms with Crippen LogP contribution in [0.15, 0.2) is 48.5 Å². The van der Waals surface area contributed by atoms with Gasteiger partial charge in [-0.1, -0.05) is 35.9 Å². The molecule has 3 rings (SSSR count). The highest BCUT2D eigenvalue weighted by atomic mass is 35.5. The maximum atomic E-state index is 12.3. The van der Waals surface area contributed by atoms with Crippen LogP contribution in [0.1, 0.15) is 26.3 Å². The van der Waals surface area contributed by atoms with Crippen LogP contribution in [0.5, 0.6) is 0 Å². The minimum atomic E-state index is -0.316. The molecule has 23 heavy (non-hydrogen) atoms. The van der Waals surface area contributed by atoms with Crippen LogP contribution >= 0.6 is 24.0 Å². The van der Waals surface area contributed by atoms with Crippen LogP contribution in [0, 0.1) is 0 Å². The van der Waals surface area contributed by atoms with Gasteiger partial charge in [-0.25, -0.2) is 0 Å². The van der Waals surface area contributed by atoms with Gasteiger partial charge in [0.2, 0.25) is 0 Å². The number of fused-ring (bicyclic) bond motifs is 1. The van der Waals surface area contributed by atoms with Crippen molar-refractivity contribution in [2.45, 2.75) is 12.5 Å². The number of amides is 2. The molecule has 6 heteroatoms. The summed E-state index contributed by atoms with van der Waals surface area (Å²) in [6.45, 7) is 0.203. The Morgan fingerprint density at radius 1 is 0.957 bits per heavy atom. The average molecular weight is 351 g/mol. The molecule has 0 aliphatic carbocycles. The van der Waals surface area contributed by atoms with Crippen LogP contribution in [0.4, 0.5) is 0 Å². The lowest BCUT2D eigenvalue weighted by molar-refractivity contribution is 0.0644. The fraction of sp³-hybridized carbons (Fsp3) is 0.176. The molecule has 2 aromatic carbocycles. The van der Waals surface area contributed by atoms with Crippen molar-refractivity contribution in [3.8, 4) is 0 Å². The number of nitrogens with zero attached hydrogens (tertiary/aromatic N) is 1. The number of hydrogen-bond acceptors (Lipinski definition) is 3. The Bertz CT molecular complexity index is 697. The van der Waals surface area contributed by atoms with Crippen LogP contribution in [-0.2, 0) is 6.42 Å². The largest absolute Gasteiger partial charge is 0.326 e. The topological polar surface area (TPSA) is 63.4 Å². The number of rotatable bonds is 4. The van der Waals surface area contributed by atoms with E-state index in [0.717, 1.165) is 5.56 Å². The second-order valence-corrected chi connectivity index (χ2v) is 5.79. The van der Waals surface area contributed by atoms with E-state index in [4.69, 9.17) is 17.3 Å². The summed E-state index contributed by atoms with van der Waals surface area (Å²) in [4.78, 5) is 25.8. The third kappa shape index (κ3) is 3.55.